The first-order valence-electron chi connectivity index (χ1n) is 6.82. The second kappa shape index (κ2) is 6.41. The van der Waals surface area contributed by atoms with Crippen LogP contribution in [0.4, 0.5) is 5.69 Å². The van der Waals surface area contributed by atoms with Crippen LogP contribution < -0.4 is 10.9 Å². The second-order valence-electron chi connectivity index (χ2n) is 4.79. The normalized spacial score (nSPS) is 10.8. The van der Waals surface area contributed by atoms with E-state index in [1.807, 2.05) is 5.01 Å². The van der Waals surface area contributed by atoms with Crippen molar-refractivity contribution in [1.29, 1.82) is 0 Å². The van der Waals surface area contributed by atoms with Crippen LogP contribution in [-0.4, -0.2) is 6.54 Å². The van der Waals surface area contributed by atoms with Crippen LogP contribution in [0.25, 0.3) is 10.8 Å². The molecule has 96 valence electrons. The summed E-state index contributed by atoms with van der Waals surface area (Å²) in [6, 6.07) is 14.8. The molecule has 18 heavy (non-hydrogen) atoms. The van der Waals surface area contributed by atoms with Gasteiger partial charge in [0.2, 0.25) is 0 Å². The number of hydrogen-bond acceptors (Lipinski definition) is 2. The van der Waals surface area contributed by atoms with Gasteiger partial charge in [-0.05, 0) is 29.3 Å². The molecule has 0 aliphatic heterocycles. The zero-order chi connectivity index (χ0) is 12.8. The van der Waals surface area contributed by atoms with Crippen molar-refractivity contribution in [3.8, 4) is 0 Å². The summed E-state index contributed by atoms with van der Waals surface area (Å²) >= 11 is 0. The van der Waals surface area contributed by atoms with Crippen LogP contribution in [-0.2, 0) is 0 Å². The van der Waals surface area contributed by atoms with E-state index in [1.54, 1.807) is 0 Å². The molecule has 0 spiro atoms. The number of benzene rings is 2. The first kappa shape index (κ1) is 12.9. The van der Waals surface area contributed by atoms with Gasteiger partial charge in [0.1, 0.15) is 0 Å². The fraction of sp³-hybridized carbons (Fsp3) is 0.375. The topological polar surface area (TPSA) is 29.3 Å². The van der Waals surface area contributed by atoms with Crippen LogP contribution in [0.5, 0.6) is 0 Å². The Bertz CT molecular complexity index is 493. The SMILES string of the molecule is CCCCCCN(N)c1ccc2ccccc2c1. The molecule has 2 aromatic rings. The van der Waals surface area contributed by atoms with Crippen molar-refractivity contribution in [2.24, 2.45) is 5.84 Å². The van der Waals surface area contributed by atoms with Gasteiger partial charge in [0.25, 0.3) is 0 Å². The number of hydrogen-bond donors (Lipinski definition) is 1. The average molecular weight is 242 g/mol. The molecule has 0 saturated heterocycles. The van der Waals surface area contributed by atoms with E-state index in [2.05, 4.69) is 49.4 Å². The molecule has 0 unspecified atom stereocenters. The Kier molecular flexibility index (Phi) is 4.59. The van der Waals surface area contributed by atoms with Gasteiger partial charge in [-0.15, -0.1) is 0 Å². The minimum Gasteiger partial charge on any atom is -0.311 e. The highest BCUT2D eigenvalue weighted by Crippen LogP contribution is 2.20. The highest BCUT2D eigenvalue weighted by Gasteiger charge is 2.02. The fourth-order valence-electron chi connectivity index (χ4n) is 2.19. The van der Waals surface area contributed by atoms with Crippen LogP contribution >= 0.6 is 0 Å². The molecule has 0 bridgehead atoms. The molecule has 0 radical (unpaired) electrons. The van der Waals surface area contributed by atoms with E-state index < -0.39 is 0 Å². The summed E-state index contributed by atoms with van der Waals surface area (Å²) in [5, 5.41) is 4.38. The number of nitrogens with zero attached hydrogens (tertiary/aromatic N) is 1. The first-order chi connectivity index (χ1) is 8.81. The molecule has 0 amide bonds. The number of fused-ring (bicyclic) bond motifs is 1. The number of hydrazine groups is 1. The molecule has 0 aromatic heterocycles. The van der Waals surface area contributed by atoms with Gasteiger partial charge in [-0.25, -0.2) is 5.84 Å². The van der Waals surface area contributed by atoms with E-state index in [1.165, 1.54) is 30.0 Å². The Balaban J connectivity index is 2.01. The minimum absolute atomic E-state index is 0.929. The largest absolute Gasteiger partial charge is 0.311 e. The molecule has 2 N–H and O–H groups in total. The van der Waals surface area contributed by atoms with Crippen molar-refractivity contribution in [2.45, 2.75) is 32.6 Å². The van der Waals surface area contributed by atoms with Gasteiger partial charge < -0.3 is 5.01 Å². The molecule has 2 aromatic carbocycles. The average Bonchev–Trinajstić information content (AvgIpc) is 2.43. The van der Waals surface area contributed by atoms with E-state index in [4.69, 9.17) is 5.84 Å². The highest BCUT2D eigenvalue weighted by molar-refractivity contribution is 5.85. The van der Waals surface area contributed by atoms with Crippen LogP contribution in [0.3, 0.4) is 0 Å². The van der Waals surface area contributed by atoms with E-state index in [9.17, 15) is 0 Å². The summed E-state index contributed by atoms with van der Waals surface area (Å²) in [6.07, 6.45) is 4.99. The summed E-state index contributed by atoms with van der Waals surface area (Å²) < 4.78 is 0. The van der Waals surface area contributed by atoms with Crippen molar-refractivity contribution in [1.82, 2.24) is 0 Å². The lowest BCUT2D eigenvalue weighted by Gasteiger charge is -2.19. The van der Waals surface area contributed by atoms with Gasteiger partial charge in [0, 0.05) is 6.54 Å². The molecular weight excluding hydrogens is 220 g/mol. The summed E-state index contributed by atoms with van der Waals surface area (Å²) in [6.45, 7) is 3.15. The Labute approximate surface area is 109 Å². The van der Waals surface area contributed by atoms with Crippen LogP contribution in [0.15, 0.2) is 42.5 Å². The van der Waals surface area contributed by atoms with E-state index in [0.717, 1.165) is 18.7 Å². The van der Waals surface area contributed by atoms with Gasteiger partial charge in [0.05, 0.1) is 5.69 Å². The van der Waals surface area contributed by atoms with E-state index in [0.29, 0.717) is 0 Å². The van der Waals surface area contributed by atoms with Crippen molar-refractivity contribution < 1.29 is 0 Å². The monoisotopic (exact) mass is 242 g/mol. The smallest absolute Gasteiger partial charge is 0.0523 e. The third kappa shape index (κ3) is 3.23. The molecule has 0 atom stereocenters. The maximum absolute atomic E-state index is 6.10. The third-order valence-electron chi connectivity index (χ3n) is 3.32. The predicted octanol–water partition coefficient (Wildman–Crippen LogP) is 4.10. The van der Waals surface area contributed by atoms with E-state index >= 15 is 0 Å². The number of rotatable bonds is 6. The van der Waals surface area contributed by atoms with Crippen molar-refractivity contribution in [2.75, 3.05) is 11.6 Å². The molecule has 0 fully saturated rings. The van der Waals surface area contributed by atoms with Gasteiger partial charge >= 0.3 is 0 Å². The van der Waals surface area contributed by atoms with E-state index in [-0.39, 0.29) is 0 Å². The lowest BCUT2D eigenvalue weighted by atomic mass is 10.1. The zero-order valence-corrected chi connectivity index (χ0v) is 11.1. The number of anilines is 1. The van der Waals surface area contributed by atoms with Crippen LogP contribution in [0.2, 0.25) is 0 Å². The molecule has 2 rings (SSSR count). The first-order valence-corrected chi connectivity index (χ1v) is 6.82. The Morgan fingerprint density at radius 1 is 0.944 bits per heavy atom. The summed E-state index contributed by atoms with van der Waals surface area (Å²) in [5.41, 5.74) is 1.10. The predicted molar refractivity (Wildman–Crippen MR) is 79.6 cm³/mol. The lowest BCUT2D eigenvalue weighted by molar-refractivity contribution is 0.651. The second-order valence-corrected chi connectivity index (χ2v) is 4.79. The van der Waals surface area contributed by atoms with Crippen LogP contribution in [0, 0.1) is 0 Å². The van der Waals surface area contributed by atoms with Crippen LogP contribution in [0.1, 0.15) is 32.6 Å². The lowest BCUT2D eigenvalue weighted by Crippen LogP contribution is -2.31. The maximum Gasteiger partial charge on any atom is 0.0523 e. The standard InChI is InChI=1S/C16H22N2/c1-2-3-4-7-12-18(17)16-11-10-14-8-5-6-9-15(14)13-16/h5-6,8-11,13H,2-4,7,12,17H2,1H3. The molecule has 0 aliphatic rings. The third-order valence-corrected chi connectivity index (χ3v) is 3.32. The quantitative estimate of drug-likeness (QED) is 0.469. The highest BCUT2D eigenvalue weighted by atomic mass is 15.4. The summed E-state index contributed by atoms with van der Waals surface area (Å²) in [4.78, 5) is 0. The van der Waals surface area contributed by atoms with Gasteiger partial charge in [-0.2, -0.15) is 0 Å². The summed E-state index contributed by atoms with van der Waals surface area (Å²) in [5.74, 6) is 6.10. The molecule has 2 heteroatoms. The molecule has 0 saturated carbocycles. The minimum atomic E-state index is 0.929. The Morgan fingerprint density at radius 2 is 1.72 bits per heavy atom. The van der Waals surface area contributed by atoms with Crippen molar-refractivity contribution in [3.05, 3.63) is 42.5 Å². The van der Waals surface area contributed by atoms with Crippen molar-refractivity contribution >= 4 is 16.5 Å². The number of nitrogens with two attached hydrogens (primary N) is 1. The molecule has 2 nitrogen and oxygen atoms in total. The fourth-order valence-corrected chi connectivity index (χ4v) is 2.19. The molecule has 0 aliphatic carbocycles. The molecule has 0 heterocycles. The Hall–Kier alpha value is -1.54. The zero-order valence-electron chi connectivity index (χ0n) is 11.1. The Morgan fingerprint density at radius 3 is 2.50 bits per heavy atom. The van der Waals surface area contributed by atoms with Crippen molar-refractivity contribution in [3.63, 3.8) is 0 Å². The maximum atomic E-state index is 6.10. The summed E-state index contributed by atoms with van der Waals surface area (Å²) in [7, 11) is 0. The van der Waals surface area contributed by atoms with Gasteiger partial charge in [-0.3, -0.25) is 0 Å². The molecular formula is C16H22N2. The number of unbranched alkanes of at least 4 members (excludes halogenated alkanes) is 3. The van der Waals surface area contributed by atoms with Gasteiger partial charge in [-0.1, -0.05) is 56.5 Å². The van der Waals surface area contributed by atoms with Gasteiger partial charge in [0.15, 0.2) is 0 Å².